The Labute approximate surface area is 203 Å². The van der Waals surface area contributed by atoms with E-state index in [1.165, 1.54) is 12.1 Å². The number of hydrogen-bond acceptors (Lipinski definition) is 10. The Morgan fingerprint density at radius 1 is 0.583 bits per heavy atom. The topological polar surface area (TPSA) is 131 Å². The summed E-state index contributed by atoms with van der Waals surface area (Å²) in [5.41, 5.74) is -1.14. The lowest BCUT2D eigenvalue weighted by Crippen LogP contribution is -2.20. The van der Waals surface area contributed by atoms with Gasteiger partial charge in [-0.05, 0) is 24.3 Å². The van der Waals surface area contributed by atoms with E-state index < -0.39 is 23.2 Å². The fourth-order valence-electron chi connectivity index (χ4n) is 3.27. The number of hydrogen-bond donors (Lipinski definition) is 0. The maximum absolute atomic E-state index is 12.1. The van der Waals surface area contributed by atoms with Crippen LogP contribution in [0.3, 0.4) is 0 Å². The molecule has 0 aliphatic heterocycles. The van der Waals surface area contributed by atoms with Crippen LogP contribution in [0, 0.1) is 0 Å². The van der Waals surface area contributed by atoms with Gasteiger partial charge in [0.2, 0.25) is 0 Å². The van der Waals surface area contributed by atoms with Crippen LogP contribution in [-0.2, 0) is 18.9 Å². The average molecular weight is 494 g/mol. The zero-order valence-corrected chi connectivity index (χ0v) is 19.1. The maximum Gasteiger partial charge on any atom is 0.351 e. The van der Waals surface area contributed by atoms with Crippen LogP contribution in [-0.4, -0.2) is 51.6 Å². The molecule has 4 rings (SSSR count). The smallest absolute Gasteiger partial charge is 0.351 e. The van der Waals surface area contributed by atoms with Gasteiger partial charge in [-0.3, -0.25) is 0 Å². The Morgan fingerprint density at radius 3 is 1.42 bits per heavy atom. The molecule has 2 aromatic heterocycles. The Hall–Kier alpha value is -4.28. The predicted octanol–water partition coefficient (Wildman–Crippen LogP) is 2.95. The van der Waals surface area contributed by atoms with Crippen molar-refractivity contribution in [2.45, 2.75) is 0 Å². The molecule has 186 valence electrons. The first-order valence-electron chi connectivity index (χ1n) is 11.1. The fraction of sp³-hybridized carbons (Fsp3) is 0.231. The number of para-hydroxylation sites is 2. The average Bonchev–Trinajstić information content (AvgIpc) is 2.88. The molecule has 2 heterocycles. The van der Waals surface area contributed by atoms with E-state index in [-0.39, 0.29) is 50.8 Å². The van der Waals surface area contributed by atoms with E-state index in [4.69, 9.17) is 27.8 Å². The van der Waals surface area contributed by atoms with Crippen LogP contribution in [0.2, 0.25) is 0 Å². The Morgan fingerprint density at radius 2 is 0.972 bits per heavy atom. The van der Waals surface area contributed by atoms with Crippen molar-refractivity contribution in [2.75, 3.05) is 39.6 Å². The van der Waals surface area contributed by atoms with Crippen LogP contribution in [0.25, 0.3) is 21.9 Å². The number of rotatable bonds is 11. The maximum atomic E-state index is 12.1. The second-order valence-corrected chi connectivity index (χ2v) is 7.47. The molecule has 0 radical (unpaired) electrons. The molecule has 0 saturated carbocycles. The molecular formula is C26H22O10. The van der Waals surface area contributed by atoms with Crippen molar-refractivity contribution < 1.29 is 37.4 Å². The molecule has 0 atom stereocenters. The molecule has 0 bridgehead atoms. The van der Waals surface area contributed by atoms with Crippen molar-refractivity contribution in [3.8, 4) is 0 Å². The van der Waals surface area contributed by atoms with Crippen LogP contribution in [0.5, 0.6) is 0 Å². The lowest BCUT2D eigenvalue weighted by Gasteiger charge is -2.08. The third-order valence-corrected chi connectivity index (χ3v) is 5.02. The summed E-state index contributed by atoms with van der Waals surface area (Å²) in [5.74, 6) is -1.59. The van der Waals surface area contributed by atoms with Gasteiger partial charge in [-0.1, -0.05) is 36.4 Å². The molecule has 0 saturated heterocycles. The SMILES string of the molecule is O=C(OCCOCCOCCOC(=O)c1cc2ccccc2oc1=O)c1cc2ccccc2oc1=O. The predicted molar refractivity (Wildman–Crippen MR) is 127 cm³/mol. The number of esters is 2. The van der Waals surface area contributed by atoms with Crippen molar-refractivity contribution in [3.63, 3.8) is 0 Å². The van der Waals surface area contributed by atoms with Gasteiger partial charge < -0.3 is 27.8 Å². The molecule has 0 aliphatic carbocycles. The zero-order chi connectivity index (χ0) is 25.3. The Balaban J connectivity index is 1.09. The number of carbonyl (C=O) groups is 2. The summed E-state index contributed by atoms with van der Waals surface area (Å²) < 4.78 is 30.9. The molecular weight excluding hydrogens is 472 g/mol. The number of ether oxygens (including phenoxy) is 4. The number of carbonyl (C=O) groups excluding carboxylic acids is 2. The van der Waals surface area contributed by atoms with Gasteiger partial charge in [0, 0.05) is 10.8 Å². The van der Waals surface area contributed by atoms with Gasteiger partial charge in [0.25, 0.3) is 0 Å². The minimum absolute atomic E-state index is 0.0585. The van der Waals surface area contributed by atoms with E-state index in [1.54, 1.807) is 48.5 Å². The second-order valence-electron chi connectivity index (χ2n) is 7.47. The second kappa shape index (κ2) is 11.9. The molecule has 36 heavy (non-hydrogen) atoms. The Bertz CT molecular complexity index is 1370. The van der Waals surface area contributed by atoms with E-state index in [0.717, 1.165) is 0 Å². The summed E-state index contributed by atoms with van der Waals surface area (Å²) in [6.45, 7) is 0.491. The molecule has 0 aliphatic rings. The Kier molecular flexibility index (Phi) is 8.22. The van der Waals surface area contributed by atoms with E-state index in [9.17, 15) is 19.2 Å². The van der Waals surface area contributed by atoms with Crippen LogP contribution in [0.1, 0.15) is 20.7 Å². The summed E-state index contributed by atoms with van der Waals surface area (Å²) in [7, 11) is 0. The van der Waals surface area contributed by atoms with E-state index in [0.29, 0.717) is 21.9 Å². The van der Waals surface area contributed by atoms with Gasteiger partial charge >= 0.3 is 23.2 Å². The van der Waals surface area contributed by atoms with Crippen molar-refractivity contribution in [3.05, 3.63) is 92.6 Å². The molecule has 2 aromatic carbocycles. The van der Waals surface area contributed by atoms with Crippen molar-refractivity contribution in [1.29, 1.82) is 0 Å². The quantitative estimate of drug-likeness (QED) is 0.174. The summed E-state index contributed by atoms with van der Waals surface area (Å²) in [6, 6.07) is 16.5. The van der Waals surface area contributed by atoms with Crippen molar-refractivity contribution in [1.82, 2.24) is 0 Å². The standard InChI is InChI=1S/C26H22O10/c27-23(19-15-17-5-1-3-7-21(17)35-25(19)29)33-13-11-31-9-10-32-12-14-34-24(28)20-16-18-6-2-4-8-22(18)36-26(20)30/h1-8,15-16H,9-14H2. The summed E-state index contributed by atoms with van der Waals surface area (Å²) in [5, 5.41) is 1.23. The lowest BCUT2D eigenvalue weighted by molar-refractivity contribution is 0.00208. The van der Waals surface area contributed by atoms with E-state index >= 15 is 0 Å². The van der Waals surface area contributed by atoms with Crippen molar-refractivity contribution >= 4 is 33.9 Å². The van der Waals surface area contributed by atoms with Crippen LogP contribution < -0.4 is 11.3 Å². The highest BCUT2D eigenvalue weighted by Gasteiger charge is 2.16. The third-order valence-electron chi connectivity index (χ3n) is 5.02. The summed E-state index contributed by atoms with van der Waals surface area (Å²) in [4.78, 5) is 48.2. The molecule has 0 unspecified atom stereocenters. The molecule has 0 fully saturated rings. The highest BCUT2D eigenvalue weighted by Crippen LogP contribution is 2.14. The van der Waals surface area contributed by atoms with Gasteiger partial charge in [0.05, 0.1) is 26.4 Å². The molecule has 10 heteroatoms. The largest absolute Gasteiger partial charge is 0.459 e. The first-order chi connectivity index (χ1) is 17.5. The summed E-state index contributed by atoms with van der Waals surface area (Å²) >= 11 is 0. The molecule has 0 amide bonds. The first kappa shape index (κ1) is 24.8. The highest BCUT2D eigenvalue weighted by molar-refractivity contribution is 5.93. The summed E-state index contributed by atoms with van der Waals surface area (Å²) in [6.07, 6.45) is 0. The van der Waals surface area contributed by atoms with Crippen LogP contribution >= 0.6 is 0 Å². The van der Waals surface area contributed by atoms with Crippen molar-refractivity contribution in [2.24, 2.45) is 0 Å². The van der Waals surface area contributed by atoms with Gasteiger partial charge in [-0.2, -0.15) is 0 Å². The van der Waals surface area contributed by atoms with Gasteiger partial charge in [-0.15, -0.1) is 0 Å². The monoisotopic (exact) mass is 494 g/mol. The minimum Gasteiger partial charge on any atom is -0.459 e. The molecule has 0 N–H and O–H groups in total. The minimum atomic E-state index is -0.795. The highest BCUT2D eigenvalue weighted by atomic mass is 16.6. The van der Waals surface area contributed by atoms with Crippen LogP contribution in [0.4, 0.5) is 0 Å². The zero-order valence-electron chi connectivity index (χ0n) is 19.1. The molecule has 0 spiro atoms. The first-order valence-corrected chi connectivity index (χ1v) is 11.1. The number of fused-ring (bicyclic) bond motifs is 2. The number of benzene rings is 2. The van der Waals surface area contributed by atoms with Gasteiger partial charge in [-0.25, -0.2) is 19.2 Å². The van der Waals surface area contributed by atoms with Crippen LogP contribution in [0.15, 0.2) is 79.1 Å². The fourth-order valence-corrected chi connectivity index (χ4v) is 3.27. The van der Waals surface area contributed by atoms with E-state index in [2.05, 4.69) is 0 Å². The van der Waals surface area contributed by atoms with Gasteiger partial charge in [0.15, 0.2) is 0 Å². The third kappa shape index (κ3) is 6.23. The molecule has 4 aromatic rings. The normalized spacial score (nSPS) is 11.0. The molecule has 10 nitrogen and oxygen atoms in total. The van der Waals surface area contributed by atoms with E-state index in [1.807, 2.05) is 0 Å². The van der Waals surface area contributed by atoms with Gasteiger partial charge in [0.1, 0.15) is 35.5 Å². The lowest BCUT2D eigenvalue weighted by atomic mass is 10.2.